The van der Waals surface area contributed by atoms with Gasteiger partial charge in [0.2, 0.25) is 6.35 Å². The average molecular weight is 260 g/mol. The third-order valence-electron chi connectivity index (χ3n) is 3.09. The van der Waals surface area contributed by atoms with Gasteiger partial charge in [0, 0.05) is 6.20 Å². The molecule has 1 saturated heterocycles. The van der Waals surface area contributed by atoms with Crippen LogP contribution >= 0.6 is 0 Å². The number of hydrogen-bond donors (Lipinski definition) is 4. The summed E-state index contributed by atoms with van der Waals surface area (Å²) in [5.74, 6) is 0.163. The van der Waals surface area contributed by atoms with E-state index in [1.807, 2.05) is 0 Å². The summed E-state index contributed by atoms with van der Waals surface area (Å²) >= 11 is 0. The molecule has 2 heterocycles. The number of nitrogens with zero attached hydrogens (tertiary/aromatic N) is 2. The summed E-state index contributed by atoms with van der Waals surface area (Å²) in [5, 5.41) is 21.6. The Morgan fingerprint density at radius 1 is 1.67 bits per heavy atom. The van der Waals surface area contributed by atoms with Crippen molar-refractivity contribution < 1.29 is 19.3 Å². The Labute approximate surface area is 104 Å². The highest BCUT2D eigenvalue weighted by Gasteiger charge is 2.47. The van der Waals surface area contributed by atoms with E-state index >= 15 is 0 Å². The summed E-state index contributed by atoms with van der Waals surface area (Å²) in [4.78, 5) is 4.93. The summed E-state index contributed by atoms with van der Waals surface area (Å²) < 4.78 is 19.6. The minimum Gasteiger partial charge on any atom is -0.394 e. The van der Waals surface area contributed by atoms with E-state index in [-0.39, 0.29) is 12.4 Å². The highest BCUT2D eigenvalue weighted by molar-refractivity contribution is 5.91. The Morgan fingerprint density at radius 3 is 2.89 bits per heavy atom. The van der Waals surface area contributed by atoms with E-state index in [2.05, 4.69) is 10.3 Å². The fourth-order valence-electron chi connectivity index (χ4n) is 2.16. The Bertz CT molecular complexity index is 365. The molecule has 2 rings (SSSR count). The van der Waals surface area contributed by atoms with Crippen LogP contribution in [0.5, 0.6) is 0 Å². The molecule has 2 unspecified atom stereocenters. The van der Waals surface area contributed by atoms with Gasteiger partial charge < -0.3 is 30.9 Å². The van der Waals surface area contributed by atoms with Gasteiger partial charge in [-0.1, -0.05) is 0 Å². The van der Waals surface area contributed by atoms with Gasteiger partial charge in [-0.05, 0) is 13.1 Å². The number of rotatable bonds is 3. The maximum absolute atomic E-state index is 14.2. The third-order valence-corrected chi connectivity index (χ3v) is 3.09. The van der Waals surface area contributed by atoms with Gasteiger partial charge in [0.25, 0.3) is 0 Å². The molecule has 5 atom stereocenters. The number of likely N-dealkylation sites (N-methyl/N-ethyl adjacent to an activating group) is 1. The van der Waals surface area contributed by atoms with E-state index in [0.29, 0.717) is 0 Å². The quantitative estimate of drug-likeness (QED) is 0.472. The highest BCUT2D eigenvalue weighted by Crippen LogP contribution is 2.28. The Morgan fingerprint density at radius 2 is 2.39 bits per heavy atom. The van der Waals surface area contributed by atoms with Gasteiger partial charge in [-0.15, -0.1) is 0 Å². The molecule has 0 bridgehead atoms. The van der Waals surface area contributed by atoms with E-state index < -0.39 is 30.9 Å². The zero-order valence-corrected chi connectivity index (χ0v) is 9.90. The lowest BCUT2D eigenvalue weighted by atomic mass is 10.1. The standard InChI is InChI=1S/C10H17FN4O3/c1-13-8-5(4-16)18-9(7(8)11)15-3-2-6(12)14-10(15)17/h2-3,5,7-10,13,16-17H,4H2,1H3,(H2,12,14)/t5-,7+,8+,9?,10?/m1/s1. The first-order chi connectivity index (χ1) is 8.58. The van der Waals surface area contributed by atoms with Crippen LogP contribution in [0.25, 0.3) is 0 Å². The Kier molecular flexibility index (Phi) is 3.81. The lowest BCUT2D eigenvalue weighted by molar-refractivity contribution is -0.120. The number of ether oxygens (including phenoxy) is 1. The number of aliphatic imine (C=N–C) groups is 1. The molecule has 0 spiro atoms. The number of nitrogens with one attached hydrogen (secondary N) is 1. The van der Waals surface area contributed by atoms with Crippen LogP contribution in [0, 0.1) is 0 Å². The van der Waals surface area contributed by atoms with E-state index in [4.69, 9.17) is 15.6 Å². The smallest absolute Gasteiger partial charge is 0.229 e. The molecule has 0 aromatic carbocycles. The second-order valence-electron chi connectivity index (χ2n) is 4.17. The molecule has 5 N–H and O–H groups in total. The molecular weight excluding hydrogens is 243 g/mol. The van der Waals surface area contributed by atoms with Gasteiger partial charge in [-0.3, -0.25) is 0 Å². The van der Waals surface area contributed by atoms with E-state index in [1.54, 1.807) is 7.05 Å². The number of halogens is 1. The minimum atomic E-state index is -1.40. The van der Waals surface area contributed by atoms with Crippen LogP contribution in [-0.4, -0.2) is 65.5 Å². The molecule has 0 aromatic rings. The van der Waals surface area contributed by atoms with Crippen molar-refractivity contribution in [3.63, 3.8) is 0 Å². The molecule has 18 heavy (non-hydrogen) atoms. The van der Waals surface area contributed by atoms with Crippen molar-refractivity contribution in [3.8, 4) is 0 Å². The van der Waals surface area contributed by atoms with E-state index in [1.165, 1.54) is 17.2 Å². The summed E-state index contributed by atoms with van der Waals surface area (Å²) in [7, 11) is 1.59. The molecule has 1 fully saturated rings. The van der Waals surface area contributed by atoms with Gasteiger partial charge in [-0.25, -0.2) is 9.38 Å². The molecule has 8 heteroatoms. The molecule has 0 amide bonds. The Balaban J connectivity index is 2.13. The van der Waals surface area contributed by atoms with Crippen molar-refractivity contribution in [1.82, 2.24) is 10.2 Å². The molecule has 0 radical (unpaired) electrons. The second-order valence-corrected chi connectivity index (χ2v) is 4.17. The lowest BCUT2D eigenvalue weighted by Gasteiger charge is -2.32. The molecule has 102 valence electrons. The molecule has 0 saturated carbocycles. The fourth-order valence-corrected chi connectivity index (χ4v) is 2.16. The average Bonchev–Trinajstić information content (AvgIpc) is 2.66. The number of hydrogen-bond acceptors (Lipinski definition) is 7. The summed E-state index contributed by atoms with van der Waals surface area (Å²) in [6, 6.07) is -0.635. The first-order valence-corrected chi connectivity index (χ1v) is 5.63. The van der Waals surface area contributed by atoms with Crippen LogP contribution in [0.15, 0.2) is 17.3 Å². The van der Waals surface area contributed by atoms with Gasteiger partial charge in [0.1, 0.15) is 11.9 Å². The largest absolute Gasteiger partial charge is 0.394 e. The Hall–Kier alpha value is -1.22. The van der Waals surface area contributed by atoms with Crippen molar-refractivity contribution >= 4 is 5.84 Å². The number of nitrogens with two attached hydrogens (primary N) is 1. The van der Waals surface area contributed by atoms with Crippen LogP contribution in [0.3, 0.4) is 0 Å². The summed E-state index contributed by atoms with van der Waals surface area (Å²) in [6.07, 6.45) is -1.49. The molecule has 2 aliphatic rings. The summed E-state index contributed by atoms with van der Waals surface area (Å²) in [5.41, 5.74) is 5.42. The zero-order valence-electron chi connectivity index (χ0n) is 9.90. The molecule has 0 aromatic heterocycles. The predicted molar refractivity (Wildman–Crippen MR) is 62.1 cm³/mol. The zero-order chi connectivity index (χ0) is 13.3. The van der Waals surface area contributed by atoms with Crippen LogP contribution in [0.4, 0.5) is 4.39 Å². The third kappa shape index (κ3) is 2.19. The number of aliphatic hydroxyl groups is 2. The maximum atomic E-state index is 14.2. The molecule has 0 aliphatic carbocycles. The maximum Gasteiger partial charge on any atom is 0.229 e. The number of alkyl halides is 1. The fraction of sp³-hybridized carbons (Fsp3) is 0.700. The first kappa shape index (κ1) is 13.2. The van der Waals surface area contributed by atoms with Gasteiger partial charge >= 0.3 is 0 Å². The topological polar surface area (TPSA) is 103 Å². The normalized spacial score (nSPS) is 40.1. The lowest BCUT2D eigenvalue weighted by Crippen LogP contribution is -2.48. The van der Waals surface area contributed by atoms with Gasteiger partial charge in [0.05, 0.1) is 12.6 Å². The number of aliphatic hydroxyl groups excluding tert-OH is 2. The highest BCUT2D eigenvalue weighted by atomic mass is 19.1. The first-order valence-electron chi connectivity index (χ1n) is 5.63. The predicted octanol–water partition coefficient (Wildman–Crippen LogP) is -1.91. The van der Waals surface area contributed by atoms with Crippen LogP contribution < -0.4 is 11.1 Å². The van der Waals surface area contributed by atoms with Crippen molar-refractivity contribution in [2.75, 3.05) is 13.7 Å². The number of amidine groups is 1. The van der Waals surface area contributed by atoms with Crippen molar-refractivity contribution in [3.05, 3.63) is 12.3 Å². The molecule has 2 aliphatic heterocycles. The van der Waals surface area contributed by atoms with Gasteiger partial charge in [0.15, 0.2) is 12.4 Å². The van der Waals surface area contributed by atoms with Crippen LogP contribution in [0.1, 0.15) is 0 Å². The van der Waals surface area contributed by atoms with E-state index in [9.17, 15) is 9.50 Å². The van der Waals surface area contributed by atoms with Crippen LogP contribution in [-0.2, 0) is 4.74 Å². The van der Waals surface area contributed by atoms with Crippen LogP contribution in [0.2, 0.25) is 0 Å². The molecular formula is C10H17FN4O3. The SMILES string of the molecule is CN[C@@H]1[C@H](F)C(N2C=CC(N)=NC2O)O[C@@H]1CO. The van der Waals surface area contributed by atoms with Gasteiger partial charge in [-0.2, -0.15) is 0 Å². The minimum absolute atomic E-state index is 0.163. The monoisotopic (exact) mass is 260 g/mol. The van der Waals surface area contributed by atoms with E-state index in [0.717, 1.165) is 0 Å². The summed E-state index contributed by atoms with van der Waals surface area (Å²) in [6.45, 7) is -0.304. The second kappa shape index (κ2) is 5.19. The molecule has 7 nitrogen and oxygen atoms in total. The van der Waals surface area contributed by atoms with Crippen molar-refractivity contribution in [1.29, 1.82) is 0 Å². The van der Waals surface area contributed by atoms with Crippen molar-refractivity contribution in [2.45, 2.75) is 30.9 Å². The van der Waals surface area contributed by atoms with Crippen molar-refractivity contribution in [2.24, 2.45) is 10.7 Å².